The number of thiophene rings is 1. The van der Waals surface area contributed by atoms with Gasteiger partial charge in [-0.05, 0) is 19.4 Å². The van der Waals surface area contributed by atoms with E-state index in [1.54, 1.807) is 13.8 Å². The molecule has 2 amide bonds. The first-order valence-corrected chi connectivity index (χ1v) is 6.23. The number of carboxylic acids is 1. The molecule has 98 valence electrons. The number of hydrogen-bond donors (Lipinski definition) is 3. The molecule has 0 atom stereocenters. The maximum Gasteiger partial charge on any atom is 0.338 e. The Labute approximate surface area is 113 Å². The number of carboxylic acid groups (broad SMARTS) is 1. The summed E-state index contributed by atoms with van der Waals surface area (Å²) in [6.07, 6.45) is 0. The van der Waals surface area contributed by atoms with Crippen LogP contribution in [-0.2, 0) is 0 Å². The zero-order chi connectivity index (χ0) is 13.9. The van der Waals surface area contributed by atoms with Crippen LogP contribution in [0.1, 0.15) is 20.8 Å². The van der Waals surface area contributed by atoms with Gasteiger partial charge in [0.05, 0.1) is 12.1 Å². The molecule has 0 aliphatic rings. The van der Waals surface area contributed by atoms with Gasteiger partial charge in [-0.1, -0.05) is 18.2 Å². The smallest absolute Gasteiger partial charge is 0.338 e. The van der Waals surface area contributed by atoms with Gasteiger partial charge in [-0.3, -0.25) is 5.32 Å². The predicted octanol–water partition coefficient (Wildman–Crippen LogP) is 2.94. The van der Waals surface area contributed by atoms with Crippen molar-refractivity contribution >= 4 is 39.9 Å². The van der Waals surface area contributed by atoms with Gasteiger partial charge in [-0.15, -0.1) is 11.3 Å². The number of nitrogens with one attached hydrogen (secondary N) is 2. The minimum absolute atomic E-state index is 0.123. The van der Waals surface area contributed by atoms with Crippen LogP contribution in [0, 0.1) is 13.8 Å². The van der Waals surface area contributed by atoms with Crippen molar-refractivity contribution in [3.05, 3.63) is 27.6 Å². The van der Waals surface area contributed by atoms with Crippen LogP contribution in [0.2, 0.25) is 0 Å². The van der Waals surface area contributed by atoms with E-state index in [1.807, 2.05) is 0 Å². The number of carbonyl (C=O) groups excluding carboxylic acids is 1. The second kappa shape index (κ2) is 5.88. The maximum atomic E-state index is 11.5. The molecule has 0 radical (unpaired) electrons. The molecule has 0 saturated carbocycles. The Kier molecular flexibility index (Phi) is 4.75. The van der Waals surface area contributed by atoms with Crippen molar-refractivity contribution in [2.45, 2.75) is 13.8 Å². The van der Waals surface area contributed by atoms with Crippen molar-refractivity contribution in [1.29, 1.82) is 0 Å². The highest BCUT2D eigenvalue weighted by Gasteiger charge is 2.20. The van der Waals surface area contributed by atoms with Gasteiger partial charge in [0, 0.05) is 9.91 Å². The van der Waals surface area contributed by atoms with E-state index >= 15 is 0 Å². The number of carbonyl (C=O) groups is 2. The summed E-state index contributed by atoms with van der Waals surface area (Å²) in [5.41, 5.74) is 0.780. The van der Waals surface area contributed by atoms with E-state index in [-0.39, 0.29) is 12.1 Å². The first-order valence-electron chi connectivity index (χ1n) is 5.04. The summed E-state index contributed by atoms with van der Waals surface area (Å²) < 4.78 is 0. The molecule has 5 nitrogen and oxygen atoms in total. The number of aromatic carboxylic acids is 1. The van der Waals surface area contributed by atoms with Crippen molar-refractivity contribution in [3.63, 3.8) is 0 Å². The van der Waals surface area contributed by atoms with Gasteiger partial charge in [0.1, 0.15) is 5.00 Å². The Hall–Kier alpha value is -1.53. The summed E-state index contributed by atoms with van der Waals surface area (Å²) in [4.78, 5) is 23.5. The molecule has 18 heavy (non-hydrogen) atoms. The molecule has 3 N–H and O–H groups in total. The van der Waals surface area contributed by atoms with Crippen molar-refractivity contribution in [3.8, 4) is 0 Å². The number of amides is 2. The van der Waals surface area contributed by atoms with Gasteiger partial charge in [-0.2, -0.15) is 0 Å². The fourth-order valence-corrected chi connectivity index (χ4v) is 2.41. The third kappa shape index (κ3) is 3.48. The molecule has 1 rings (SSSR count). The number of hydrogen-bond acceptors (Lipinski definition) is 3. The maximum absolute atomic E-state index is 11.5. The molecule has 0 fully saturated rings. The highest BCUT2D eigenvalue weighted by molar-refractivity contribution is 7.16. The van der Waals surface area contributed by atoms with Crippen LogP contribution in [0.4, 0.5) is 9.80 Å². The number of aryl methyl sites for hydroxylation is 1. The van der Waals surface area contributed by atoms with Gasteiger partial charge < -0.3 is 10.4 Å². The quantitative estimate of drug-likeness (QED) is 0.797. The van der Waals surface area contributed by atoms with Crippen molar-refractivity contribution < 1.29 is 14.7 Å². The molecule has 0 unspecified atom stereocenters. The van der Waals surface area contributed by atoms with Gasteiger partial charge >= 0.3 is 12.0 Å². The van der Waals surface area contributed by atoms with Crippen LogP contribution >= 0.6 is 22.9 Å². The molecular formula is C11H13ClN2O3S. The minimum atomic E-state index is -1.06. The molecule has 0 aliphatic heterocycles. The average Bonchev–Trinajstić information content (AvgIpc) is 2.51. The number of anilines is 1. The highest BCUT2D eigenvalue weighted by Crippen LogP contribution is 2.32. The van der Waals surface area contributed by atoms with Crippen LogP contribution in [-0.4, -0.2) is 23.7 Å². The lowest BCUT2D eigenvalue weighted by Gasteiger charge is -2.06. The van der Waals surface area contributed by atoms with Crippen LogP contribution in [0.3, 0.4) is 0 Å². The monoisotopic (exact) mass is 288 g/mol. The summed E-state index contributed by atoms with van der Waals surface area (Å²) in [5, 5.41) is 14.7. The molecule has 1 aromatic heterocycles. The summed E-state index contributed by atoms with van der Waals surface area (Å²) in [7, 11) is 0. The lowest BCUT2D eigenvalue weighted by molar-refractivity contribution is 0.0697. The van der Waals surface area contributed by atoms with Gasteiger partial charge in [-0.25, -0.2) is 9.59 Å². The standard InChI is InChI=1S/C11H13ClN2O3S/c1-5(12)4-13-11(17)14-9-8(10(15)16)6(2)7(3)18-9/h1,4H2,2-3H3,(H,15,16)(H2,13,14,17). The zero-order valence-corrected chi connectivity index (χ0v) is 11.5. The van der Waals surface area contributed by atoms with Gasteiger partial charge in [0.15, 0.2) is 0 Å². The Morgan fingerprint density at radius 2 is 2.06 bits per heavy atom. The molecule has 0 aliphatic carbocycles. The fraction of sp³-hybridized carbons (Fsp3) is 0.273. The van der Waals surface area contributed by atoms with E-state index in [9.17, 15) is 9.59 Å². The first kappa shape index (κ1) is 14.5. The van der Waals surface area contributed by atoms with E-state index in [2.05, 4.69) is 17.2 Å². The van der Waals surface area contributed by atoms with Crippen LogP contribution < -0.4 is 10.6 Å². The van der Waals surface area contributed by atoms with E-state index in [1.165, 1.54) is 11.3 Å². The third-order valence-electron chi connectivity index (χ3n) is 2.27. The molecule has 1 heterocycles. The van der Waals surface area contributed by atoms with Crippen molar-refractivity contribution in [2.75, 3.05) is 11.9 Å². The predicted molar refractivity (Wildman–Crippen MR) is 72.8 cm³/mol. The molecule has 0 bridgehead atoms. The summed E-state index contributed by atoms with van der Waals surface area (Å²) in [6.45, 7) is 7.06. The van der Waals surface area contributed by atoms with E-state index in [0.717, 1.165) is 4.88 Å². The second-order valence-electron chi connectivity index (χ2n) is 3.62. The van der Waals surface area contributed by atoms with Crippen LogP contribution in [0.25, 0.3) is 0 Å². The fourth-order valence-electron chi connectivity index (χ4n) is 1.30. The minimum Gasteiger partial charge on any atom is -0.478 e. The molecular weight excluding hydrogens is 276 g/mol. The largest absolute Gasteiger partial charge is 0.478 e. The lowest BCUT2D eigenvalue weighted by Crippen LogP contribution is -2.29. The Bertz CT molecular complexity index is 511. The van der Waals surface area contributed by atoms with E-state index < -0.39 is 12.0 Å². The van der Waals surface area contributed by atoms with E-state index in [0.29, 0.717) is 15.6 Å². The molecule has 1 aromatic rings. The number of urea groups is 1. The molecule has 0 spiro atoms. The number of rotatable bonds is 4. The van der Waals surface area contributed by atoms with E-state index in [4.69, 9.17) is 16.7 Å². The molecule has 7 heteroatoms. The molecule has 0 saturated heterocycles. The van der Waals surface area contributed by atoms with Crippen molar-refractivity contribution in [2.24, 2.45) is 0 Å². The average molecular weight is 289 g/mol. The van der Waals surface area contributed by atoms with Gasteiger partial charge in [0.25, 0.3) is 0 Å². The van der Waals surface area contributed by atoms with Crippen LogP contribution in [0.5, 0.6) is 0 Å². The SMILES string of the molecule is C=C(Cl)CNC(=O)Nc1sc(C)c(C)c1C(=O)O. The zero-order valence-electron chi connectivity index (χ0n) is 9.96. The number of halogens is 1. The molecule has 0 aromatic carbocycles. The second-order valence-corrected chi connectivity index (χ2v) is 5.38. The Morgan fingerprint density at radius 3 is 2.56 bits per heavy atom. The first-order chi connectivity index (χ1) is 8.32. The van der Waals surface area contributed by atoms with Crippen molar-refractivity contribution in [1.82, 2.24) is 5.32 Å². The Morgan fingerprint density at radius 1 is 1.44 bits per heavy atom. The van der Waals surface area contributed by atoms with Crippen LogP contribution in [0.15, 0.2) is 11.6 Å². The summed E-state index contributed by atoms with van der Waals surface area (Å²) in [5.74, 6) is -1.06. The Balaban J connectivity index is 2.84. The highest BCUT2D eigenvalue weighted by atomic mass is 35.5. The summed E-state index contributed by atoms with van der Waals surface area (Å²) >= 11 is 6.73. The topological polar surface area (TPSA) is 78.4 Å². The summed E-state index contributed by atoms with van der Waals surface area (Å²) in [6, 6.07) is -0.513. The third-order valence-corrected chi connectivity index (χ3v) is 3.52. The lowest BCUT2D eigenvalue weighted by atomic mass is 10.1. The van der Waals surface area contributed by atoms with Gasteiger partial charge in [0.2, 0.25) is 0 Å². The normalized spacial score (nSPS) is 9.94.